The van der Waals surface area contributed by atoms with Crippen molar-refractivity contribution >= 4 is 5.69 Å². The number of hydrogen-bond donors (Lipinski definition) is 1. The highest BCUT2D eigenvalue weighted by Gasteiger charge is 2.16. The number of hydrogen-bond acceptors (Lipinski definition) is 4. The van der Waals surface area contributed by atoms with E-state index in [1.807, 2.05) is 12.1 Å². The van der Waals surface area contributed by atoms with Gasteiger partial charge in [-0.05, 0) is 30.2 Å². The molecule has 2 N–H and O–H groups in total. The Morgan fingerprint density at radius 1 is 1.53 bits per heavy atom. The molecular formula is C13H16N2O2. The SMILES string of the molecule is N#CCc1cc(OCC2CCOC2)ccc1N. The number of nitrogen functional groups attached to an aromatic ring is 1. The highest BCUT2D eigenvalue weighted by Crippen LogP contribution is 2.21. The van der Waals surface area contributed by atoms with Gasteiger partial charge in [0.15, 0.2) is 0 Å². The molecule has 4 nitrogen and oxygen atoms in total. The first kappa shape index (κ1) is 11.7. The van der Waals surface area contributed by atoms with Crippen molar-refractivity contribution in [2.75, 3.05) is 25.6 Å². The van der Waals surface area contributed by atoms with Crippen LogP contribution in [-0.4, -0.2) is 19.8 Å². The van der Waals surface area contributed by atoms with Gasteiger partial charge in [0.25, 0.3) is 0 Å². The van der Waals surface area contributed by atoms with E-state index < -0.39 is 0 Å². The van der Waals surface area contributed by atoms with Gasteiger partial charge in [-0.25, -0.2) is 0 Å². The minimum absolute atomic E-state index is 0.315. The Kier molecular flexibility index (Phi) is 3.84. The van der Waals surface area contributed by atoms with E-state index in [2.05, 4.69) is 6.07 Å². The Morgan fingerprint density at radius 2 is 2.41 bits per heavy atom. The molecule has 0 amide bonds. The highest BCUT2D eigenvalue weighted by atomic mass is 16.5. The fraction of sp³-hybridized carbons (Fsp3) is 0.462. The Bertz CT molecular complexity index is 420. The van der Waals surface area contributed by atoms with Crippen molar-refractivity contribution in [3.05, 3.63) is 23.8 Å². The standard InChI is InChI=1S/C13H16N2O2/c14-5-3-11-7-12(1-2-13(11)15)17-9-10-4-6-16-8-10/h1-2,7,10H,3-4,6,8-9,15H2. The molecule has 0 radical (unpaired) electrons. The predicted molar refractivity (Wildman–Crippen MR) is 64.6 cm³/mol. The summed E-state index contributed by atoms with van der Waals surface area (Å²) in [5.41, 5.74) is 7.24. The normalized spacial score (nSPS) is 18.9. The van der Waals surface area contributed by atoms with E-state index in [4.69, 9.17) is 20.5 Å². The summed E-state index contributed by atoms with van der Waals surface area (Å²) in [6.07, 6.45) is 1.37. The molecule has 1 aliphatic heterocycles. The van der Waals surface area contributed by atoms with Gasteiger partial charge >= 0.3 is 0 Å². The molecule has 0 aromatic heterocycles. The monoisotopic (exact) mass is 232 g/mol. The predicted octanol–water partition coefficient (Wildman–Crippen LogP) is 1.75. The lowest BCUT2D eigenvalue weighted by Gasteiger charge is -2.11. The molecule has 1 saturated heterocycles. The maximum atomic E-state index is 8.67. The fourth-order valence-electron chi connectivity index (χ4n) is 1.84. The largest absolute Gasteiger partial charge is 0.493 e. The summed E-state index contributed by atoms with van der Waals surface area (Å²) in [6.45, 7) is 2.27. The molecule has 1 aromatic rings. The third kappa shape index (κ3) is 3.11. The molecule has 0 spiro atoms. The molecule has 1 aromatic carbocycles. The van der Waals surface area contributed by atoms with Crippen molar-refractivity contribution < 1.29 is 9.47 Å². The topological polar surface area (TPSA) is 68.3 Å². The second kappa shape index (κ2) is 5.55. The van der Waals surface area contributed by atoms with Gasteiger partial charge in [-0.2, -0.15) is 5.26 Å². The molecule has 1 unspecified atom stereocenters. The molecule has 0 saturated carbocycles. The van der Waals surface area contributed by atoms with Crippen LogP contribution in [0.4, 0.5) is 5.69 Å². The summed E-state index contributed by atoms with van der Waals surface area (Å²) < 4.78 is 11.0. The minimum atomic E-state index is 0.315. The first-order chi connectivity index (χ1) is 8.29. The number of nitrogens with two attached hydrogens (primary N) is 1. The summed E-state index contributed by atoms with van der Waals surface area (Å²) in [5, 5.41) is 8.67. The first-order valence-electron chi connectivity index (χ1n) is 5.75. The van der Waals surface area contributed by atoms with E-state index in [9.17, 15) is 0 Å². The molecule has 0 aliphatic carbocycles. The van der Waals surface area contributed by atoms with Gasteiger partial charge in [0.05, 0.1) is 25.7 Å². The Balaban J connectivity index is 1.96. The zero-order valence-electron chi connectivity index (χ0n) is 9.69. The zero-order valence-corrected chi connectivity index (χ0v) is 9.69. The summed E-state index contributed by atoms with van der Waals surface area (Å²) in [7, 11) is 0. The van der Waals surface area contributed by atoms with Gasteiger partial charge in [0.2, 0.25) is 0 Å². The summed E-state index contributed by atoms with van der Waals surface area (Å²) in [4.78, 5) is 0. The third-order valence-electron chi connectivity index (χ3n) is 2.89. The van der Waals surface area contributed by atoms with Crippen LogP contribution in [0.2, 0.25) is 0 Å². The molecule has 2 rings (SSSR count). The van der Waals surface area contributed by atoms with E-state index in [0.717, 1.165) is 30.9 Å². The number of benzene rings is 1. The van der Waals surface area contributed by atoms with E-state index in [0.29, 0.717) is 24.6 Å². The van der Waals surface area contributed by atoms with E-state index in [1.54, 1.807) is 6.07 Å². The lowest BCUT2D eigenvalue weighted by molar-refractivity contribution is 0.167. The van der Waals surface area contributed by atoms with Gasteiger partial charge in [-0.15, -0.1) is 0 Å². The second-order valence-electron chi connectivity index (χ2n) is 4.24. The van der Waals surface area contributed by atoms with Crippen molar-refractivity contribution in [1.29, 1.82) is 5.26 Å². The van der Waals surface area contributed by atoms with Crippen molar-refractivity contribution in [2.45, 2.75) is 12.8 Å². The molecular weight excluding hydrogens is 216 g/mol. The maximum absolute atomic E-state index is 8.67. The quantitative estimate of drug-likeness (QED) is 0.803. The van der Waals surface area contributed by atoms with Gasteiger partial charge in [0, 0.05) is 18.2 Å². The number of anilines is 1. The lowest BCUT2D eigenvalue weighted by Crippen LogP contribution is -2.11. The van der Waals surface area contributed by atoms with Gasteiger partial charge in [-0.1, -0.05) is 0 Å². The zero-order chi connectivity index (χ0) is 12.1. The highest BCUT2D eigenvalue weighted by molar-refractivity contribution is 5.51. The summed E-state index contributed by atoms with van der Waals surface area (Å²) >= 11 is 0. The van der Waals surface area contributed by atoms with E-state index in [1.165, 1.54) is 0 Å². The number of nitriles is 1. The fourth-order valence-corrected chi connectivity index (χ4v) is 1.84. The Hall–Kier alpha value is -1.73. The van der Waals surface area contributed by atoms with Gasteiger partial charge in [-0.3, -0.25) is 0 Å². The van der Waals surface area contributed by atoms with Gasteiger partial charge in [0.1, 0.15) is 5.75 Å². The van der Waals surface area contributed by atoms with Crippen LogP contribution in [0.5, 0.6) is 5.75 Å². The summed E-state index contributed by atoms with van der Waals surface area (Å²) in [5.74, 6) is 1.25. The molecule has 0 bridgehead atoms. The average molecular weight is 232 g/mol. The number of nitrogens with zero attached hydrogens (tertiary/aromatic N) is 1. The molecule has 1 fully saturated rings. The smallest absolute Gasteiger partial charge is 0.119 e. The maximum Gasteiger partial charge on any atom is 0.119 e. The molecule has 1 atom stereocenters. The molecule has 17 heavy (non-hydrogen) atoms. The van der Waals surface area contributed by atoms with Crippen LogP contribution in [0.3, 0.4) is 0 Å². The molecule has 1 heterocycles. The van der Waals surface area contributed by atoms with Gasteiger partial charge < -0.3 is 15.2 Å². The van der Waals surface area contributed by atoms with Crippen LogP contribution in [0.25, 0.3) is 0 Å². The van der Waals surface area contributed by atoms with Crippen LogP contribution in [0.15, 0.2) is 18.2 Å². The van der Waals surface area contributed by atoms with Crippen LogP contribution < -0.4 is 10.5 Å². The first-order valence-corrected chi connectivity index (χ1v) is 5.75. The number of ether oxygens (including phenoxy) is 2. The summed E-state index contributed by atoms with van der Waals surface area (Å²) in [6, 6.07) is 7.56. The Morgan fingerprint density at radius 3 is 3.12 bits per heavy atom. The lowest BCUT2D eigenvalue weighted by atomic mass is 10.1. The van der Waals surface area contributed by atoms with Crippen LogP contribution >= 0.6 is 0 Å². The van der Waals surface area contributed by atoms with Crippen LogP contribution in [-0.2, 0) is 11.2 Å². The molecule has 1 aliphatic rings. The molecule has 4 heteroatoms. The minimum Gasteiger partial charge on any atom is -0.493 e. The molecule has 90 valence electrons. The van der Waals surface area contributed by atoms with E-state index >= 15 is 0 Å². The van der Waals surface area contributed by atoms with Crippen molar-refractivity contribution in [2.24, 2.45) is 5.92 Å². The second-order valence-corrected chi connectivity index (χ2v) is 4.24. The van der Waals surface area contributed by atoms with E-state index in [-0.39, 0.29) is 0 Å². The van der Waals surface area contributed by atoms with Crippen LogP contribution in [0, 0.1) is 17.2 Å². The third-order valence-corrected chi connectivity index (χ3v) is 2.89. The Labute approximate surface area is 101 Å². The van der Waals surface area contributed by atoms with Crippen LogP contribution in [0.1, 0.15) is 12.0 Å². The van der Waals surface area contributed by atoms with Crippen molar-refractivity contribution in [1.82, 2.24) is 0 Å². The van der Waals surface area contributed by atoms with Crippen molar-refractivity contribution in [3.8, 4) is 11.8 Å². The van der Waals surface area contributed by atoms with Crippen molar-refractivity contribution in [3.63, 3.8) is 0 Å². The average Bonchev–Trinajstić information content (AvgIpc) is 2.83. The number of rotatable bonds is 4.